The molecule has 3 aromatic carbocycles. The minimum absolute atomic E-state index is 0.000434. The van der Waals surface area contributed by atoms with Gasteiger partial charge in [0.05, 0.1) is 11.1 Å². The molecule has 0 bridgehead atoms. The van der Waals surface area contributed by atoms with Gasteiger partial charge in [0.15, 0.2) is 11.6 Å². The molecule has 3 aromatic rings. The number of carboxylic acids is 1. The van der Waals surface area contributed by atoms with Crippen LogP contribution in [0.15, 0.2) is 66.7 Å². The third-order valence-electron chi connectivity index (χ3n) is 4.59. The molecule has 0 unspecified atom stereocenters. The summed E-state index contributed by atoms with van der Waals surface area (Å²) < 4.78 is 0. The number of hydrogen-bond donors (Lipinski definition) is 2. The average molecular weight is 371 g/mol. The zero-order valence-corrected chi connectivity index (χ0v) is 14.4. The molecule has 0 saturated carbocycles. The molecule has 0 fully saturated rings. The van der Waals surface area contributed by atoms with Gasteiger partial charge in [-0.1, -0.05) is 36.4 Å². The van der Waals surface area contributed by atoms with Gasteiger partial charge < -0.3 is 10.4 Å². The maximum atomic E-state index is 12.8. The van der Waals surface area contributed by atoms with Crippen molar-refractivity contribution in [2.75, 3.05) is 5.32 Å². The lowest BCUT2D eigenvalue weighted by atomic mass is 9.84. The molecule has 0 aromatic heterocycles. The summed E-state index contributed by atoms with van der Waals surface area (Å²) in [6, 6.07) is 16.9. The highest BCUT2D eigenvalue weighted by molar-refractivity contribution is 6.28. The van der Waals surface area contributed by atoms with Gasteiger partial charge in [0.1, 0.15) is 0 Å². The summed E-state index contributed by atoms with van der Waals surface area (Å²) in [4.78, 5) is 49.2. The van der Waals surface area contributed by atoms with Crippen molar-refractivity contribution in [1.82, 2.24) is 0 Å². The summed E-state index contributed by atoms with van der Waals surface area (Å²) in [6.07, 6.45) is 0. The van der Waals surface area contributed by atoms with Crippen LogP contribution in [0.2, 0.25) is 0 Å². The molecule has 0 atom stereocenters. The van der Waals surface area contributed by atoms with E-state index in [4.69, 9.17) is 0 Å². The molecule has 1 amide bonds. The summed E-state index contributed by atoms with van der Waals surface area (Å²) >= 11 is 0. The number of carbonyl (C=O) groups excluding carboxylic acids is 3. The molecule has 28 heavy (non-hydrogen) atoms. The van der Waals surface area contributed by atoms with Crippen LogP contribution in [-0.2, 0) is 0 Å². The highest BCUT2D eigenvalue weighted by atomic mass is 16.4. The molecule has 0 aliphatic heterocycles. The van der Waals surface area contributed by atoms with Crippen molar-refractivity contribution < 1.29 is 24.3 Å². The monoisotopic (exact) mass is 371 g/mol. The largest absolute Gasteiger partial charge is 0.478 e. The highest BCUT2D eigenvalue weighted by Crippen LogP contribution is 2.29. The minimum Gasteiger partial charge on any atom is -0.478 e. The summed E-state index contributed by atoms with van der Waals surface area (Å²) in [5.41, 5.74) is 1.32. The molecule has 6 nitrogen and oxygen atoms in total. The Labute approximate surface area is 159 Å². The number of fused-ring (bicyclic) bond motifs is 2. The van der Waals surface area contributed by atoms with Crippen LogP contribution in [0.1, 0.15) is 52.6 Å². The Hall–Kier alpha value is -4.06. The molecule has 0 radical (unpaired) electrons. The lowest BCUT2D eigenvalue weighted by Crippen LogP contribution is -2.22. The van der Waals surface area contributed by atoms with Crippen LogP contribution >= 0.6 is 0 Å². The van der Waals surface area contributed by atoms with Gasteiger partial charge in [0.25, 0.3) is 5.91 Å². The first-order chi connectivity index (χ1) is 13.5. The third kappa shape index (κ3) is 2.77. The van der Waals surface area contributed by atoms with E-state index in [2.05, 4.69) is 5.32 Å². The van der Waals surface area contributed by atoms with Crippen LogP contribution in [-0.4, -0.2) is 28.5 Å². The Morgan fingerprint density at radius 2 is 1.21 bits per heavy atom. The first kappa shape index (κ1) is 17.4. The molecule has 0 spiro atoms. The quantitative estimate of drug-likeness (QED) is 0.575. The molecule has 0 heterocycles. The molecule has 6 heteroatoms. The van der Waals surface area contributed by atoms with Crippen molar-refractivity contribution in [2.24, 2.45) is 0 Å². The van der Waals surface area contributed by atoms with E-state index in [1.807, 2.05) is 0 Å². The van der Waals surface area contributed by atoms with Gasteiger partial charge in [0.2, 0.25) is 0 Å². The predicted molar refractivity (Wildman–Crippen MR) is 101 cm³/mol. The number of hydrogen-bond acceptors (Lipinski definition) is 4. The SMILES string of the molecule is O=C(O)c1ccccc1C(=O)Nc1ccc2c(c1)C(=O)c1ccccc1C2=O. The first-order valence-corrected chi connectivity index (χ1v) is 8.43. The summed E-state index contributed by atoms with van der Waals surface area (Å²) in [7, 11) is 0. The Morgan fingerprint density at radius 1 is 0.679 bits per heavy atom. The van der Waals surface area contributed by atoms with Crippen LogP contribution in [0.4, 0.5) is 5.69 Å². The van der Waals surface area contributed by atoms with Gasteiger partial charge in [0, 0.05) is 27.9 Å². The number of benzene rings is 3. The average Bonchev–Trinajstić information content (AvgIpc) is 2.72. The molecule has 1 aliphatic carbocycles. The van der Waals surface area contributed by atoms with Gasteiger partial charge in [-0.2, -0.15) is 0 Å². The molecule has 4 rings (SSSR count). The van der Waals surface area contributed by atoms with Crippen molar-refractivity contribution in [3.63, 3.8) is 0 Å². The zero-order valence-electron chi connectivity index (χ0n) is 14.4. The second-order valence-corrected chi connectivity index (χ2v) is 6.27. The van der Waals surface area contributed by atoms with Gasteiger partial charge in [-0.15, -0.1) is 0 Å². The summed E-state index contributed by atoms with van der Waals surface area (Å²) in [5, 5.41) is 11.8. The number of carbonyl (C=O) groups is 4. The van der Waals surface area contributed by atoms with E-state index in [-0.39, 0.29) is 33.8 Å². The summed E-state index contributed by atoms with van der Waals surface area (Å²) in [6.45, 7) is 0. The van der Waals surface area contributed by atoms with Crippen molar-refractivity contribution >= 4 is 29.1 Å². The lowest BCUT2D eigenvalue weighted by molar-refractivity contribution is 0.0692. The second-order valence-electron chi connectivity index (χ2n) is 6.27. The fourth-order valence-electron chi connectivity index (χ4n) is 3.24. The van der Waals surface area contributed by atoms with Crippen LogP contribution in [0.3, 0.4) is 0 Å². The number of rotatable bonds is 3. The Bertz CT molecular complexity index is 1180. The Balaban J connectivity index is 1.69. The van der Waals surface area contributed by atoms with Crippen LogP contribution in [0.25, 0.3) is 0 Å². The van der Waals surface area contributed by atoms with Crippen molar-refractivity contribution in [3.8, 4) is 0 Å². The summed E-state index contributed by atoms with van der Waals surface area (Å²) in [5.74, 6) is -2.38. The van der Waals surface area contributed by atoms with Crippen molar-refractivity contribution in [1.29, 1.82) is 0 Å². The molecule has 1 aliphatic rings. The van der Waals surface area contributed by atoms with Crippen LogP contribution in [0, 0.1) is 0 Å². The van der Waals surface area contributed by atoms with Crippen LogP contribution < -0.4 is 5.32 Å². The van der Waals surface area contributed by atoms with E-state index in [0.29, 0.717) is 16.8 Å². The van der Waals surface area contributed by atoms with E-state index in [1.165, 1.54) is 36.4 Å². The first-order valence-electron chi connectivity index (χ1n) is 8.43. The van der Waals surface area contributed by atoms with E-state index < -0.39 is 11.9 Å². The van der Waals surface area contributed by atoms with E-state index in [1.54, 1.807) is 30.3 Å². The fraction of sp³-hybridized carbons (Fsp3) is 0. The number of nitrogens with one attached hydrogen (secondary N) is 1. The van der Waals surface area contributed by atoms with Gasteiger partial charge in [-0.05, 0) is 30.3 Å². The normalized spacial score (nSPS) is 12.1. The smallest absolute Gasteiger partial charge is 0.336 e. The Morgan fingerprint density at radius 3 is 1.86 bits per heavy atom. The molecular formula is C22H13NO5. The van der Waals surface area contributed by atoms with Crippen LogP contribution in [0.5, 0.6) is 0 Å². The third-order valence-corrected chi connectivity index (χ3v) is 4.59. The maximum absolute atomic E-state index is 12.8. The number of amides is 1. The predicted octanol–water partition coefficient (Wildman–Crippen LogP) is 3.41. The number of ketones is 2. The van der Waals surface area contributed by atoms with E-state index >= 15 is 0 Å². The highest BCUT2D eigenvalue weighted by Gasteiger charge is 2.29. The lowest BCUT2D eigenvalue weighted by Gasteiger charge is -2.18. The van der Waals surface area contributed by atoms with E-state index in [0.717, 1.165) is 0 Å². The Kier molecular flexibility index (Phi) is 4.08. The van der Waals surface area contributed by atoms with Gasteiger partial charge in [-0.3, -0.25) is 14.4 Å². The van der Waals surface area contributed by atoms with Crippen molar-refractivity contribution in [3.05, 3.63) is 100 Å². The number of anilines is 1. The molecular weight excluding hydrogens is 358 g/mol. The molecule has 136 valence electrons. The topological polar surface area (TPSA) is 101 Å². The van der Waals surface area contributed by atoms with Crippen molar-refractivity contribution in [2.45, 2.75) is 0 Å². The molecule has 0 saturated heterocycles. The zero-order chi connectivity index (χ0) is 19.8. The molecule has 2 N–H and O–H groups in total. The number of carboxylic acid groups (broad SMARTS) is 1. The fourth-order valence-corrected chi connectivity index (χ4v) is 3.24. The van der Waals surface area contributed by atoms with Gasteiger partial charge >= 0.3 is 5.97 Å². The second kappa shape index (κ2) is 6.59. The minimum atomic E-state index is -1.21. The van der Waals surface area contributed by atoms with E-state index in [9.17, 15) is 24.3 Å². The van der Waals surface area contributed by atoms with Gasteiger partial charge in [-0.25, -0.2) is 4.79 Å². The maximum Gasteiger partial charge on any atom is 0.336 e. The number of aromatic carboxylic acids is 1. The standard InChI is InChI=1S/C22H13NO5/c24-19-13-5-1-2-6-14(13)20(25)18-11-12(9-10-15(18)19)23-21(26)16-7-3-4-8-17(16)22(27)28/h1-11H,(H,23,26)(H,27,28).